The average molecular weight is 309 g/mol. The highest BCUT2D eigenvalue weighted by Gasteiger charge is 2.22. The van der Waals surface area contributed by atoms with E-state index in [1.807, 2.05) is 18.2 Å². The lowest BCUT2D eigenvalue weighted by Gasteiger charge is -2.10. The Morgan fingerprint density at radius 3 is 2.30 bits per heavy atom. The van der Waals surface area contributed by atoms with Gasteiger partial charge in [-0.1, -0.05) is 30.3 Å². The summed E-state index contributed by atoms with van der Waals surface area (Å²) >= 11 is 0. The van der Waals surface area contributed by atoms with E-state index in [0.29, 0.717) is 6.04 Å². The summed E-state index contributed by atoms with van der Waals surface area (Å²) in [5, 5.41) is 17.8. The lowest BCUT2D eigenvalue weighted by atomic mass is 10.00. The molecule has 5 heteroatoms. The molecule has 1 aliphatic rings. The van der Waals surface area contributed by atoms with E-state index in [1.165, 1.54) is 25.0 Å². The fourth-order valence-corrected chi connectivity index (χ4v) is 2.39. The number of nitrogens with two attached hydrogens (primary N) is 1. The smallest absolute Gasteiger partial charge is 0.377 e. The van der Waals surface area contributed by atoms with E-state index in [2.05, 4.69) is 5.32 Å². The van der Waals surface area contributed by atoms with Crippen LogP contribution in [-0.4, -0.2) is 29.1 Å². The summed E-state index contributed by atoms with van der Waals surface area (Å²) < 4.78 is 0. The normalized spacial score (nSPS) is 13.4. The van der Waals surface area contributed by atoms with Crippen molar-refractivity contribution >= 4 is 23.7 Å². The third kappa shape index (κ3) is 3.29. The molecular formula is C18H17N2O3+. The predicted molar refractivity (Wildman–Crippen MR) is 87.6 cm³/mol. The molecule has 0 bridgehead atoms. The number of carboxylic acids is 1. The van der Waals surface area contributed by atoms with Crippen LogP contribution in [0.1, 0.15) is 28.8 Å². The van der Waals surface area contributed by atoms with Gasteiger partial charge in [-0.3, -0.25) is 10.2 Å². The van der Waals surface area contributed by atoms with E-state index >= 15 is 0 Å². The van der Waals surface area contributed by atoms with Crippen LogP contribution in [0.2, 0.25) is 0 Å². The molecule has 2 aromatic rings. The summed E-state index contributed by atoms with van der Waals surface area (Å²) in [6.07, 6.45) is 3.91. The van der Waals surface area contributed by atoms with Crippen molar-refractivity contribution < 1.29 is 20.1 Å². The molecule has 1 saturated carbocycles. The van der Waals surface area contributed by atoms with Crippen molar-refractivity contribution in [3.8, 4) is 11.1 Å². The molecule has 1 aliphatic carbocycles. The number of ketones is 1. The third-order valence-electron chi connectivity index (χ3n) is 3.84. The van der Waals surface area contributed by atoms with Crippen molar-refractivity contribution in [1.29, 1.82) is 0 Å². The minimum Gasteiger partial charge on any atom is -0.475 e. The predicted octanol–water partition coefficient (Wildman–Crippen LogP) is 1.37. The number of hydrogen-bond donors (Lipinski definition) is 3. The van der Waals surface area contributed by atoms with Gasteiger partial charge in [0.2, 0.25) is 0 Å². The van der Waals surface area contributed by atoms with Gasteiger partial charge in [-0.25, -0.2) is 4.79 Å². The second-order valence-corrected chi connectivity index (χ2v) is 5.60. The molecule has 0 unspecified atom stereocenters. The van der Waals surface area contributed by atoms with Crippen molar-refractivity contribution in [2.75, 3.05) is 5.32 Å². The number of rotatable bonds is 6. The zero-order chi connectivity index (χ0) is 16.4. The first-order valence-electron chi connectivity index (χ1n) is 7.42. The van der Waals surface area contributed by atoms with Crippen LogP contribution in [0.25, 0.3) is 11.1 Å². The second-order valence-electron chi connectivity index (χ2n) is 5.60. The Balaban J connectivity index is 1.90. The Morgan fingerprint density at radius 2 is 1.74 bits per heavy atom. The third-order valence-corrected chi connectivity index (χ3v) is 3.84. The maximum absolute atomic E-state index is 11.4. The maximum atomic E-state index is 11.4. The van der Waals surface area contributed by atoms with E-state index in [0.717, 1.165) is 22.4 Å². The van der Waals surface area contributed by atoms with Crippen molar-refractivity contribution in [3.63, 3.8) is 0 Å². The highest BCUT2D eigenvalue weighted by Crippen LogP contribution is 2.30. The van der Waals surface area contributed by atoms with Gasteiger partial charge < -0.3 is 10.4 Å². The van der Waals surface area contributed by atoms with Gasteiger partial charge in [0, 0.05) is 17.3 Å². The summed E-state index contributed by atoms with van der Waals surface area (Å²) in [4.78, 5) is 22.1. The number of Topliss-reactive ketones (excluding diaryl/α,β-unsaturated/α-hetero) is 1. The Kier molecular flexibility index (Phi) is 3.93. The van der Waals surface area contributed by atoms with Crippen LogP contribution in [0.3, 0.4) is 0 Å². The van der Waals surface area contributed by atoms with Gasteiger partial charge in [0.1, 0.15) is 0 Å². The van der Waals surface area contributed by atoms with E-state index in [9.17, 15) is 9.59 Å². The van der Waals surface area contributed by atoms with Crippen molar-refractivity contribution in [3.05, 3.63) is 53.6 Å². The van der Waals surface area contributed by atoms with E-state index in [-0.39, 0.29) is 5.56 Å². The first kappa shape index (κ1) is 15.0. The average Bonchev–Trinajstić information content (AvgIpc) is 3.38. The topological polar surface area (TPSA) is 92.0 Å². The Morgan fingerprint density at radius 1 is 1.09 bits per heavy atom. The maximum Gasteiger partial charge on any atom is 0.377 e. The quantitative estimate of drug-likeness (QED) is 0.427. The second kappa shape index (κ2) is 6.04. The first-order chi connectivity index (χ1) is 11.1. The Bertz CT molecular complexity index is 777. The van der Waals surface area contributed by atoms with Crippen LogP contribution < -0.4 is 10.7 Å². The molecule has 0 aromatic heterocycles. The lowest BCUT2D eigenvalue weighted by molar-refractivity contribution is -0.131. The molecule has 0 amide bonds. The van der Waals surface area contributed by atoms with E-state index < -0.39 is 11.8 Å². The SMILES string of the molecule is [NH2+]=Cc1ccc(-c2ccc(C(=O)C(=O)O)cc2)cc1NC1CC1. The van der Waals surface area contributed by atoms with Crippen LogP contribution in [0.4, 0.5) is 5.69 Å². The molecule has 5 nitrogen and oxygen atoms in total. The van der Waals surface area contributed by atoms with Crippen molar-refractivity contribution in [2.45, 2.75) is 18.9 Å². The van der Waals surface area contributed by atoms with Crippen molar-refractivity contribution in [2.24, 2.45) is 0 Å². The molecule has 3 rings (SSSR count). The molecule has 0 spiro atoms. The molecule has 0 radical (unpaired) electrons. The molecule has 0 heterocycles. The van der Waals surface area contributed by atoms with E-state index in [1.54, 1.807) is 18.3 Å². The number of benzene rings is 2. The largest absolute Gasteiger partial charge is 0.475 e. The molecule has 116 valence electrons. The summed E-state index contributed by atoms with van der Waals surface area (Å²) in [5.74, 6) is -2.35. The zero-order valence-corrected chi connectivity index (χ0v) is 12.5. The van der Waals surface area contributed by atoms with Crippen LogP contribution in [0, 0.1) is 0 Å². The number of aliphatic carboxylic acids is 1. The molecule has 0 atom stereocenters. The molecule has 2 aromatic carbocycles. The van der Waals surface area contributed by atoms with Gasteiger partial charge in [0.05, 0.1) is 5.56 Å². The van der Waals surface area contributed by atoms with Crippen LogP contribution in [-0.2, 0) is 4.79 Å². The Labute approximate surface area is 133 Å². The number of carbonyl (C=O) groups excluding carboxylic acids is 1. The Hall–Kier alpha value is -2.95. The molecule has 1 fully saturated rings. The fourth-order valence-electron chi connectivity index (χ4n) is 2.39. The van der Waals surface area contributed by atoms with Gasteiger partial charge in [0.15, 0.2) is 6.21 Å². The van der Waals surface area contributed by atoms with Gasteiger partial charge >= 0.3 is 5.97 Å². The lowest BCUT2D eigenvalue weighted by Crippen LogP contribution is -2.30. The van der Waals surface area contributed by atoms with E-state index in [4.69, 9.17) is 10.5 Å². The highest BCUT2D eigenvalue weighted by atomic mass is 16.4. The fraction of sp³-hybridized carbons (Fsp3) is 0.167. The monoisotopic (exact) mass is 309 g/mol. The van der Waals surface area contributed by atoms with Gasteiger partial charge in [-0.05, 0) is 36.1 Å². The summed E-state index contributed by atoms with van der Waals surface area (Å²) in [6.45, 7) is 0. The number of nitrogens with one attached hydrogen (secondary N) is 1. The minimum atomic E-state index is -1.45. The number of carboxylic acid groups (broad SMARTS) is 1. The highest BCUT2D eigenvalue weighted by molar-refractivity contribution is 6.39. The standard InChI is InChI=1S/C18H16N2O3/c19-10-14-6-5-13(9-16(14)20-15-7-8-15)11-1-3-12(4-2-11)17(21)18(22)23/h1-6,9-10,15,19-20H,7-8H2,(H,22,23)/p+1. The van der Waals surface area contributed by atoms with Crippen molar-refractivity contribution in [1.82, 2.24) is 0 Å². The number of anilines is 1. The van der Waals surface area contributed by atoms with Crippen LogP contribution >= 0.6 is 0 Å². The minimum absolute atomic E-state index is 0.171. The molecule has 0 saturated heterocycles. The molecule has 0 aliphatic heterocycles. The van der Waals surface area contributed by atoms with Gasteiger partial charge in [0.25, 0.3) is 5.78 Å². The summed E-state index contributed by atoms with van der Waals surface area (Å²) in [7, 11) is 0. The number of hydrogen-bond acceptors (Lipinski definition) is 3. The van der Waals surface area contributed by atoms with Gasteiger partial charge in [-0.15, -0.1) is 0 Å². The van der Waals surface area contributed by atoms with Gasteiger partial charge in [-0.2, -0.15) is 0 Å². The first-order valence-corrected chi connectivity index (χ1v) is 7.42. The summed E-state index contributed by atoms with van der Waals surface area (Å²) in [6, 6.07) is 13.0. The molecular weight excluding hydrogens is 292 g/mol. The summed E-state index contributed by atoms with van der Waals surface area (Å²) in [5.41, 5.74) is 3.99. The van der Waals surface area contributed by atoms with Crippen LogP contribution in [0.5, 0.6) is 0 Å². The molecule has 4 N–H and O–H groups in total. The van der Waals surface area contributed by atoms with Crippen LogP contribution in [0.15, 0.2) is 42.5 Å². The zero-order valence-electron chi connectivity index (χ0n) is 12.5. The molecule has 23 heavy (non-hydrogen) atoms. The number of carbonyl (C=O) groups is 2.